The Bertz CT molecular complexity index is 2670. The molecular weight excluding hydrogens is 715 g/mol. The van der Waals surface area contributed by atoms with Gasteiger partial charge in [0.1, 0.15) is 11.5 Å². The van der Waals surface area contributed by atoms with Crippen LogP contribution in [0.1, 0.15) is 120 Å². The highest BCUT2D eigenvalue weighted by molar-refractivity contribution is 5.86. The molecule has 0 aromatic heterocycles. The first-order valence-corrected chi connectivity index (χ1v) is 22.6. The lowest BCUT2D eigenvalue weighted by molar-refractivity contribution is -0.0452. The van der Waals surface area contributed by atoms with Gasteiger partial charge in [0, 0.05) is 39.0 Å². The Morgan fingerprint density at radius 1 is 0.441 bits per heavy atom. The molecule has 0 atom stereocenters. The van der Waals surface area contributed by atoms with Gasteiger partial charge in [-0.2, -0.15) is 0 Å². The number of ether oxygens (including phenoxy) is 1. The molecule has 0 radical (unpaired) electrons. The molecule has 6 aromatic rings. The van der Waals surface area contributed by atoms with Crippen LogP contribution in [-0.4, -0.2) is 0 Å². The van der Waals surface area contributed by atoms with Crippen molar-refractivity contribution in [3.05, 3.63) is 161 Å². The fourth-order valence-electron chi connectivity index (χ4n) is 13.9. The zero-order valence-corrected chi connectivity index (χ0v) is 35.7. The van der Waals surface area contributed by atoms with Crippen molar-refractivity contribution in [2.45, 2.75) is 108 Å². The molecular formula is C57H57NO. The third kappa shape index (κ3) is 5.04. The summed E-state index contributed by atoms with van der Waals surface area (Å²) >= 11 is 0. The van der Waals surface area contributed by atoms with Gasteiger partial charge in [-0.05, 0) is 179 Å². The van der Waals surface area contributed by atoms with Gasteiger partial charge < -0.3 is 9.64 Å². The molecule has 0 unspecified atom stereocenters. The molecule has 4 fully saturated rings. The van der Waals surface area contributed by atoms with Crippen LogP contribution < -0.4 is 9.64 Å². The molecule has 1 heterocycles. The fourth-order valence-corrected chi connectivity index (χ4v) is 13.9. The minimum atomic E-state index is -0.0935. The summed E-state index contributed by atoms with van der Waals surface area (Å²) in [4.78, 5) is 2.59. The van der Waals surface area contributed by atoms with Crippen LogP contribution >= 0.6 is 0 Å². The van der Waals surface area contributed by atoms with E-state index < -0.39 is 0 Å². The summed E-state index contributed by atoms with van der Waals surface area (Å²) in [7, 11) is 0. The Morgan fingerprint density at radius 3 is 1.69 bits per heavy atom. The first-order chi connectivity index (χ1) is 28.4. The van der Waals surface area contributed by atoms with E-state index >= 15 is 0 Å². The second kappa shape index (κ2) is 12.2. The average molecular weight is 772 g/mol. The summed E-state index contributed by atoms with van der Waals surface area (Å²) in [6, 6.07) is 49.1. The van der Waals surface area contributed by atoms with E-state index in [0.717, 1.165) is 23.3 Å². The Kier molecular flexibility index (Phi) is 7.44. The highest BCUT2D eigenvalue weighted by Gasteiger charge is 2.61. The van der Waals surface area contributed by atoms with Gasteiger partial charge in [0.05, 0.1) is 0 Å². The van der Waals surface area contributed by atoms with Crippen LogP contribution in [0.25, 0.3) is 22.3 Å². The van der Waals surface area contributed by atoms with E-state index in [4.69, 9.17) is 4.74 Å². The maximum atomic E-state index is 7.08. The number of rotatable bonds is 4. The maximum Gasteiger partial charge on any atom is 0.131 e. The minimum Gasteiger partial charge on any atom is -0.457 e. The van der Waals surface area contributed by atoms with Gasteiger partial charge in [-0.3, -0.25) is 0 Å². The van der Waals surface area contributed by atoms with Gasteiger partial charge in [-0.15, -0.1) is 0 Å². The fraction of sp³-hybridized carbons (Fsp3) is 0.368. The van der Waals surface area contributed by atoms with Crippen molar-refractivity contribution in [1.29, 1.82) is 0 Å². The average Bonchev–Trinajstić information content (AvgIpc) is 3.46. The topological polar surface area (TPSA) is 12.5 Å². The molecule has 4 saturated carbocycles. The second-order valence-electron chi connectivity index (χ2n) is 21.3. The molecule has 2 nitrogen and oxygen atoms in total. The van der Waals surface area contributed by atoms with E-state index in [1.165, 1.54) is 118 Å². The van der Waals surface area contributed by atoms with Gasteiger partial charge in [0.25, 0.3) is 0 Å². The predicted octanol–water partition coefficient (Wildman–Crippen LogP) is 15.3. The van der Waals surface area contributed by atoms with Crippen molar-refractivity contribution in [1.82, 2.24) is 0 Å². The predicted molar refractivity (Wildman–Crippen MR) is 244 cm³/mol. The zero-order chi connectivity index (χ0) is 40.1. The lowest BCUT2D eigenvalue weighted by atomic mass is 9.41. The Morgan fingerprint density at radius 2 is 0.983 bits per heavy atom. The number of benzene rings is 6. The SMILES string of the molecule is CC1(C)CCC(C)(C)c2cc(N(c3ccc4c(c3)C(C)(C)c3ccccc3-4)c3ccc4c(c3)C3(c5cc(-c6ccccc6)ccc5O4)C4CC5CC(C4)CC3C5)ccc21. The monoisotopic (exact) mass is 771 g/mol. The molecule has 2 heteroatoms. The number of fused-ring (bicyclic) bond motifs is 6. The van der Waals surface area contributed by atoms with Crippen molar-refractivity contribution < 1.29 is 4.74 Å². The van der Waals surface area contributed by atoms with Crippen LogP contribution in [0.2, 0.25) is 0 Å². The second-order valence-corrected chi connectivity index (χ2v) is 21.3. The van der Waals surface area contributed by atoms with Gasteiger partial charge in [-0.25, -0.2) is 0 Å². The van der Waals surface area contributed by atoms with Crippen LogP contribution in [-0.2, 0) is 21.7 Å². The molecule has 0 amide bonds. The van der Waals surface area contributed by atoms with Crippen LogP contribution in [0.4, 0.5) is 17.1 Å². The molecule has 13 rings (SSSR count). The van der Waals surface area contributed by atoms with E-state index in [-0.39, 0.29) is 21.7 Å². The number of hydrogen-bond acceptors (Lipinski definition) is 2. The molecule has 0 N–H and O–H groups in total. The summed E-state index contributed by atoms with van der Waals surface area (Å²) < 4.78 is 7.08. The van der Waals surface area contributed by atoms with E-state index in [1.54, 1.807) is 0 Å². The molecule has 7 aliphatic rings. The number of hydrogen-bond donors (Lipinski definition) is 0. The zero-order valence-electron chi connectivity index (χ0n) is 35.7. The molecule has 4 bridgehead atoms. The van der Waals surface area contributed by atoms with Gasteiger partial charge in [0.15, 0.2) is 0 Å². The lowest BCUT2D eigenvalue weighted by Crippen LogP contribution is -2.57. The summed E-state index contributed by atoms with van der Waals surface area (Å²) in [6.07, 6.45) is 9.13. The van der Waals surface area contributed by atoms with Gasteiger partial charge in [-0.1, -0.05) is 114 Å². The molecule has 1 spiro atoms. The molecule has 6 aliphatic carbocycles. The van der Waals surface area contributed by atoms with Crippen LogP contribution in [0.15, 0.2) is 127 Å². The summed E-state index contributed by atoms with van der Waals surface area (Å²) in [6.45, 7) is 14.6. The van der Waals surface area contributed by atoms with E-state index in [2.05, 4.69) is 174 Å². The van der Waals surface area contributed by atoms with E-state index in [1.807, 2.05) is 0 Å². The normalized spacial score (nSPS) is 26.6. The number of anilines is 3. The van der Waals surface area contributed by atoms with Crippen molar-refractivity contribution in [3.8, 4) is 33.8 Å². The summed E-state index contributed by atoms with van der Waals surface area (Å²) in [5.41, 5.74) is 17.7. The Hall–Kier alpha value is -5.08. The molecule has 1 aliphatic heterocycles. The van der Waals surface area contributed by atoms with Crippen LogP contribution in [0, 0.1) is 23.7 Å². The highest BCUT2D eigenvalue weighted by atomic mass is 16.5. The van der Waals surface area contributed by atoms with E-state index in [9.17, 15) is 0 Å². The summed E-state index contributed by atoms with van der Waals surface area (Å²) in [5.74, 6) is 5.06. The highest BCUT2D eigenvalue weighted by Crippen LogP contribution is 2.69. The smallest absolute Gasteiger partial charge is 0.131 e. The van der Waals surface area contributed by atoms with Crippen LogP contribution in [0.5, 0.6) is 11.5 Å². The standard InChI is InChI=1S/C57H57NO/c1-54(2)24-25-55(3,4)49-33-42(18-21-47(49)54)58(41-17-20-45-44-14-10-11-15-46(44)56(5,6)48(45)32-41)43-19-23-53-51(34-43)57(39-27-35-26-36(29-39)30-40(57)28-35)50-31-38(16-22-52(50)59-53)37-12-8-7-9-13-37/h7-23,31-36,39-40H,24-30H2,1-6H3. The third-order valence-corrected chi connectivity index (χ3v) is 16.8. The molecule has 59 heavy (non-hydrogen) atoms. The maximum absolute atomic E-state index is 7.08. The first kappa shape index (κ1) is 35.8. The van der Waals surface area contributed by atoms with E-state index in [0.29, 0.717) is 11.8 Å². The lowest BCUT2D eigenvalue weighted by Gasteiger charge is -2.63. The Labute approximate surface area is 351 Å². The summed E-state index contributed by atoms with van der Waals surface area (Å²) in [5, 5.41) is 0. The molecule has 296 valence electrons. The molecule has 0 saturated heterocycles. The molecule has 6 aromatic carbocycles. The third-order valence-electron chi connectivity index (χ3n) is 16.8. The van der Waals surface area contributed by atoms with Crippen LogP contribution in [0.3, 0.4) is 0 Å². The van der Waals surface area contributed by atoms with Gasteiger partial charge in [0.2, 0.25) is 0 Å². The quantitative estimate of drug-likeness (QED) is 0.177. The first-order valence-electron chi connectivity index (χ1n) is 22.6. The Balaban J connectivity index is 1.08. The number of nitrogens with zero attached hydrogens (tertiary/aromatic N) is 1. The van der Waals surface area contributed by atoms with Crippen molar-refractivity contribution >= 4 is 17.1 Å². The largest absolute Gasteiger partial charge is 0.457 e. The van der Waals surface area contributed by atoms with Crippen molar-refractivity contribution in [2.75, 3.05) is 4.90 Å². The minimum absolute atomic E-state index is 0.0771. The van der Waals surface area contributed by atoms with Crippen molar-refractivity contribution in [2.24, 2.45) is 23.7 Å². The van der Waals surface area contributed by atoms with Crippen molar-refractivity contribution in [3.63, 3.8) is 0 Å². The van der Waals surface area contributed by atoms with Gasteiger partial charge >= 0.3 is 0 Å².